The van der Waals surface area contributed by atoms with Crippen molar-refractivity contribution in [1.82, 2.24) is 19.5 Å². The molecule has 0 saturated heterocycles. The minimum atomic E-state index is 0.645. The molecule has 54 heavy (non-hydrogen) atoms. The van der Waals surface area contributed by atoms with Crippen LogP contribution in [0.3, 0.4) is 0 Å². The summed E-state index contributed by atoms with van der Waals surface area (Å²) < 4.78 is 5.02. The number of benzene rings is 7. The van der Waals surface area contributed by atoms with Crippen molar-refractivity contribution >= 4 is 53.3 Å². The van der Waals surface area contributed by atoms with E-state index >= 15 is 0 Å². The van der Waals surface area contributed by atoms with Crippen LogP contribution in [0.25, 0.3) is 93.0 Å². The SMILES string of the molecule is CCCCc1ccc(-c2nc(-c3ccc(-c4ccccc4)cc3)nc(-c3cccc(-n4c5ccccc5c5c6sc7ccccc7c6ccc54)c3)n2)cc1. The van der Waals surface area contributed by atoms with Crippen LogP contribution < -0.4 is 0 Å². The molecule has 0 aliphatic rings. The van der Waals surface area contributed by atoms with Crippen molar-refractivity contribution in [2.24, 2.45) is 0 Å². The Morgan fingerprint density at radius 1 is 0.481 bits per heavy atom. The van der Waals surface area contributed by atoms with Crippen LogP contribution in [0.2, 0.25) is 0 Å². The van der Waals surface area contributed by atoms with Gasteiger partial charge in [0.05, 0.1) is 11.0 Å². The van der Waals surface area contributed by atoms with E-state index in [9.17, 15) is 0 Å². The molecule has 0 amide bonds. The Kier molecular flexibility index (Phi) is 8.07. The van der Waals surface area contributed by atoms with Crippen LogP contribution in [0, 0.1) is 0 Å². The molecule has 258 valence electrons. The van der Waals surface area contributed by atoms with Crippen LogP contribution in [0.1, 0.15) is 25.3 Å². The highest BCUT2D eigenvalue weighted by molar-refractivity contribution is 7.26. The lowest BCUT2D eigenvalue weighted by molar-refractivity contribution is 0.795. The number of aromatic nitrogens is 4. The van der Waals surface area contributed by atoms with Gasteiger partial charge in [0.15, 0.2) is 17.5 Å². The van der Waals surface area contributed by atoms with E-state index in [1.54, 1.807) is 0 Å². The predicted octanol–water partition coefficient (Wildman–Crippen LogP) is 13.3. The molecule has 0 fully saturated rings. The number of para-hydroxylation sites is 1. The normalized spacial score (nSPS) is 11.6. The summed E-state index contributed by atoms with van der Waals surface area (Å²) in [5.74, 6) is 1.96. The summed E-state index contributed by atoms with van der Waals surface area (Å²) in [7, 11) is 0. The zero-order chi connectivity index (χ0) is 36.0. The molecule has 0 spiro atoms. The number of thiophene rings is 1. The first kappa shape index (κ1) is 32.2. The second-order valence-electron chi connectivity index (χ2n) is 13.9. The number of rotatable bonds is 8. The summed E-state index contributed by atoms with van der Waals surface area (Å²) in [6.07, 6.45) is 3.42. The molecule has 0 saturated carbocycles. The van der Waals surface area contributed by atoms with Gasteiger partial charge in [-0.3, -0.25) is 0 Å². The minimum absolute atomic E-state index is 0.645. The van der Waals surface area contributed by atoms with Gasteiger partial charge < -0.3 is 4.57 Å². The van der Waals surface area contributed by atoms with Crippen LogP contribution >= 0.6 is 11.3 Å². The maximum Gasteiger partial charge on any atom is 0.164 e. The fourth-order valence-corrected chi connectivity index (χ4v) is 8.96. The second kappa shape index (κ2) is 13.5. The summed E-state index contributed by atoms with van der Waals surface area (Å²) in [5, 5.41) is 5.16. The minimum Gasteiger partial charge on any atom is -0.309 e. The first-order valence-electron chi connectivity index (χ1n) is 18.7. The Morgan fingerprint density at radius 3 is 1.85 bits per heavy atom. The molecule has 0 unspecified atom stereocenters. The Balaban J connectivity index is 1.12. The third-order valence-corrected chi connectivity index (χ3v) is 11.7. The average Bonchev–Trinajstić information content (AvgIpc) is 3.79. The van der Waals surface area contributed by atoms with Crippen LogP contribution in [0.5, 0.6) is 0 Å². The number of aryl methyl sites for hydroxylation is 1. The monoisotopic (exact) mass is 712 g/mol. The van der Waals surface area contributed by atoms with E-state index in [4.69, 9.17) is 15.0 Å². The lowest BCUT2D eigenvalue weighted by Crippen LogP contribution is -2.01. The number of nitrogens with zero attached hydrogens (tertiary/aromatic N) is 4. The van der Waals surface area contributed by atoms with Crippen LogP contribution in [0.15, 0.2) is 164 Å². The fraction of sp³-hybridized carbons (Fsp3) is 0.0816. The summed E-state index contributed by atoms with van der Waals surface area (Å²) in [6, 6.07) is 58.4. The smallest absolute Gasteiger partial charge is 0.164 e. The standard InChI is InChI=1S/C49H36N4S/c1-2-3-12-32-21-23-35(24-22-32)47-50-48(36-27-25-34(26-28-36)33-13-5-4-6-14-33)52-49(51-47)37-15-11-16-38(31-37)53-42-19-9-7-18-41(42)45-43(53)30-29-40-39-17-8-10-20-44(39)54-46(40)45/h4-11,13-31H,2-3,12H2,1H3. The highest BCUT2D eigenvalue weighted by Crippen LogP contribution is 2.43. The molecule has 0 bridgehead atoms. The molecular formula is C49H36N4S. The van der Waals surface area contributed by atoms with Gasteiger partial charge in [-0.05, 0) is 59.9 Å². The van der Waals surface area contributed by atoms with Crippen molar-refractivity contribution in [1.29, 1.82) is 0 Å². The zero-order valence-corrected chi connectivity index (χ0v) is 30.7. The quantitative estimate of drug-likeness (QED) is 0.158. The number of hydrogen-bond acceptors (Lipinski definition) is 4. The third-order valence-electron chi connectivity index (χ3n) is 10.5. The maximum atomic E-state index is 5.14. The molecule has 3 aromatic heterocycles. The number of unbranched alkanes of at least 4 members (excludes halogenated alkanes) is 1. The summed E-state index contributed by atoms with van der Waals surface area (Å²) in [5.41, 5.74) is 9.96. The van der Waals surface area contributed by atoms with Crippen LogP contribution in [-0.2, 0) is 6.42 Å². The fourth-order valence-electron chi connectivity index (χ4n) is 7.70. The third kappa shape index (κ3) is 5.65. The lowest BCUT2D eigenvalue weighted by atomic mass is 10.0. The number of fused-ring (bicyclic) bond motifs is 7. The first-order valence-corrected chi connectivity index (χ1v) is 19.5. The Labute approximate surface area is 318 Å². The Hall–Kier alpha value is -6.43. The Bertz CT molecular complexity index is 2960. The topological polar surface area (TPSA) is 43.6 Å². The van der Waals surface area contributed by atoms with E-state index in [2.05, 4.69) is 169 Å². The van der Waals surface area contributed by atoms with E-state index < -0.39 is 0 Å². The van der Waals surface area contributed by atoms with E-state index in [1.165, 1.54) is 65.9 Å². The predicted molar refractivity (Wildman–Crippen MR) is 227 cm³/mol. The van der Waals surface area contributed by atoms with E-state index in [0.717, 1.165) is 34.4 Å². The molecule has 5 heteroatoms. The van der Waals surface area contributed by atoms with Crippen molar-refractivity contribution in [2.45, 2.75) is 26.2 Å². The van der Waals surface area contributed by atoms with Crippen LogP contribution in [0.4, 0.5) is 0 Å². The molecule has 10 aromatic rings. The molecule has 3 heterocycles. The van der Waals surface area contributed by atoms with Gasteiger partial charge in [-0.15, -0.1) is 11.3 Å². The van der Waals surface area contributed by atoms with E-state index in [0.29, 0.717) is 17.5 Å². The molecule has 4 nitrogen and oxygen atoms in total. The van der Waals surface area contributed by atoms with Crippen molar-refractivity contribution in [3.05, 3.63) is 169 Å². The molecule has 0 N–H and O–H groups in total. The summed E-state index contributed by atoms with van der Waals surface area (Å²) in [6.45, 7) is 2.23. The van der Waals surface area contributed by atoms with Crippen molar-refractivity contribution < 1.29 is 0 Å². The first-order chi connectivity index (χ1) is 26.7. The highest BCUT2D eigenvalue weighted by atomic mass is 32.1. The second-order valence-corrected chi connectivity index (χ2v) is 14.9. The number of hydrogen-bond donors (Lipinski definition) is 0. The van der Waals surface area contributed by atoms with Gasteiger partial charge in [0.25, 0.3) is 0 Å². The average molecular weight is 713 g/mol. The van der Waals surface area contributed by atoms with Crippen LogP contribution in [-0.4, -0.2) is 19.5 Å². The van der Waals surface area contributed by atoms with Gasteiger partial charge >= 0.3 is 0 Å². The van der Waals surface area contributed by atoms with Gasteiger partial charge in [-0.25, -0.2) is 15.0 Å². The van der Waals surface area contributed by atoms with Crippen molar-refractivity contribution in [2.75, 3.05) is 0 Å². The lowest BCUT2D eigenvalue weighted by Gasteiger charge is -2.12. The van der Waals surface area contributed by atoms with E-state index in [-0.39, 0.29) is 0 Å². The summed E-state index contributed by atoms with van der Waals surface area (Å²) >= 11 is 1.88. The largest absolute Gasteiger partial charge is 0.309 e. The highest BCUT2D eigenvalue weighted by Gasteiger charge is 2.19. The van der Waals surface area contributed by atoms with Gasteiger partial charge in [0.2, 0.25) is 0 Å². The van der Waals surface area contributed by atoms with Crippen molar-refractivity contribution in [3.63, 3.8) is 0 Å². The van der Waals surface area contributed by atoms with E-state index in [1.807, 2.05) is 17.4 Å². The zero-order valence-electron chi connectivity index (χ0n) is 29.9. The van der Waals surface area contributed by atoms with Gasteiger partial charge in [-0.2, -0.15) is 0 Å². The molecule has 0 aliphatic heterocycles. The molecule has 0 atom stereocenters. The van der Waals surface area contributed by atoms with Crippen molar-refractivity contribution in [3.8, 4) is 51.0 Å². The van der Waals surface area contributed by atoms with Gasteiger partial charge in [-0.1, -0.05) is 147 Å². The van der Waals surface area contributed by atoms with Gasteiger partial charge in [0, 0.05) is 53.3 Å². The maximum absolute atomic E-state index is 5.14. The van der Waals surface area contributed by atoms with Gasteiger partial charge in [0.1, 0.15) is 0 Å². The molecule has 10 rings (SSSR count). The Morgan fingerprint density at radius 2 is 1.09 bits per heavy atom. The molecule has 7 aromatic carbocycles. The molecule has 0 aliphatic carbocycles. The molecular weight excluding hydrogens is 677 g/mol. The summed E-state index contributed by atoms with van der Waals surface area (Å²) in [4.78, 5) is 15.3. The molecule has 0 radical (unpaired) electrons.